The Morgan fingerprint density at radius 2 is 1.75 bits per heavy atom. The van der Waals surface area contributed by atoms with Crippen LogP contribution in [0.15, 0.2) is 16.7 Å². The van der Waals surface area contributed by atoms with Crippen LogP contribution in [0.4, 0.5) is 0 Å². The number of rotatable bonds is 3. The standard InChI is InChI=1S/C14H24N.Ti/c1-8-13(15(6)7)14(5)9-10(2)11(3)12(14)4;/h13H,8H2,1-7H3;/q-1;. The molecule has 1 aliphatic carbocycles. The molecule has 0 aromatic rings. The van der Waals surface area contributed by atoms with Gasteiger partial charge in [0, 0.05) is 27.8 Å². The first-order valence-electron chi connectivity index (χ1n) is 5.81. The molecule has 0 heterocycles. The van der Waals surface area contributed by atoms with Crippen molar-refractivity contribution in [3.63, 3.8) is 0 Å². The topological polar surface area (TPSA) is 3.24 Å². The van der Waals surface area contributed by atoms with Crippen LogP contribution in [-0.4, -0.2) is 25.0 Å². The first-order valence-corrected chi connectivity index (χ1v) is 5.81. The van der Waals surface area contributed by atoms with Gasteiger partial charge in [0.05, 0.1) is 0 Å². The van der Waals surface area contributed by atoms with Crippen LogP contribution in [0, 0.1) is 11.5 Å². The van der Waals surface area contributed by atoms with E-state index in [2.05, 4.69) is 59.7 Å². The summed E-state index contributed by atoms with van der Waals surface area (Å²) in [5.74, 6) is 0. The van der Waals surface area contributed by atoms with Crippen molar-refractivity contribution in [1.29, 1.82) is 0 Å². The molecule has 0 fully saturated rings. The average molecular weight is 254 g/mol. The zero-order valence-corrected chi connectivity index (χ0v) is 13.3. The van der Waals surface area contributed by atoms with Gasteiger partial charge in [-0.05, 0) is 20.5 Å². The second-order valence-corrected chi connectivity index (χ2v) is 5.09. The summed E-state index contributed by atoms with van der Waals surface area (Å²) in [5.41, 5.74) is 4.35. The molecular weight excluding hydrogens is 230 g/mol. The summed E-state index contributed by atoms with van der Waals surface area (Å²) in [6.07, 6.45) is 4.82. The number of hydrogen-bond donors (Lipinski definition) is 0. The molecule has 90 valence electrons. The van der Waals surface area contributed by atoms with Gasteiger partial charge in [-0.3, -0.25) is 6.08 Å². The molecule has 0 spiro atoms. The molecule has 2 unspecified atom stereocenters. The Balaban J connectivity index is 0.00000225. The molecule has 2 atom stereocenters. The van der Waals surface area contributed by atoms with E-state index in [1.165, 1.54) is 16.7 Å². The molecule has 0 aliphatic heterocycles. The Bertz CT molecular complexity index is 315. The van der Waals surface area contributed by atoms with Gasteiger partial charge in [0.25, 0.3) is 0 Å². The molecule has 16 heavy (non-hydrogen) atoms. The van der Waals surface area contributed by atoms with Gasteiger partial charge in [0.1, 0.15) is 0 Å². The van der Waals surface area contributed by atoms with Crippen molar-refractivity contribution in [1.82, 2.24) is 4.90 Å². The molecule has 0 amide bonds. The third-order valence-corrected chi connectivity index (χ3v) is 4.03. The van der Waals surface area contributed by atoms with Crippen molar-refractivity contribution in [3.8, 4) is 0 Å². The van der Waals surface area contributed by atoms with Crippen molar-refractivity contribution >= 4 is 0 Å². The zero-order chi connectivity index (χ0) is 11.8. The quantitative estimate of drug-likeness (QED) is 0.551. The minimum Gasteiger partial charge on any atom is -0.307 e. The summed E-state index contributed by atoms with van der Waals surface area (Å²) >= 11 is 0. The number of nitrogens with zero attached hydrogens (tertiary/aromatic N) is 1. The number of hydrogen-bond acceptors (Lipinski definition) is 1. The second kappa shape index (κ2) is 5.66. The van der Waals surface area contributed by atoms with Crippen LogP contribution < -0.4 is 0 Å². The van der Waals surface area contributed by atoms with Crippen molar-refractivity contribution in [2.75, 3.05) is 14.1 Å². The van der Waals surface area contributed by atoms with E-state index in [-0.39, 0.29) is 27.1 Å². The molecule has 1 rings (SSSR count). The van der Waals surface area contributed by atoms with E-state index < -0.39 is 0 Å². The van der Waals surface area contributed by atoms with Gasteiger partial charge in [-0.15, -0.1) is 6.92 Å². The predicted octanol–water partition coefficient (Wildman–Crippen LogP) is 3.43. The molecule has 1 aliphatic rings. The van der Waals surface area contributed by atoms with Gasteiger partial charge < -0.3 is 4.90 Å². The minimum absolute atomic E-state index is 0. The van der Waals surface area contributed by atoms with Gasteiger partial charge >= 0.3 is 0 Å². The van der Waals surface area contributed by atoms with Gasteiger partial charge in [0.15, 0.2) is 0 Å². The first-order chi connectivity index (χ1) is 6.84. The second-order valence-electron chi connectivity index (χ2n) is 5.09. The van der Waals surface area contributed by atoms with Crippen LogP contribution >= 0.6 is 0 Å². The van der Waals surface area contributed by atoms with E-state index in [9.17, 15) is 0 Å². The third-order valence-electron chi connectivity index (χ3n) is 4.03. The fraction of sp³-hybridized carbons (Fsp3) is 0.714. The van der Waals surface area contributed by atoms with Crippen LogP contribution in [-0.2, 0) is 21.7 Å². The summed E-state index contributed by atoms with van der Waals surface area (Å²) in [7, 11) is 4.33. The maximum atomic E-state index is 3.66. The Morgan fingerprint density at radius 3 is 2.00 bits per heavy atom. The molecule has 2 heteroatoms. The number of allylic oxidation sites excluding steroid dienone is 2. The molecule has 0 aromatic heterocycles. The molecule has 0 saturated carbocycles. The third kappa shape index (κ3) is 2.52. The van der Waals surface area contributed by atoms with Crippen LogP contribution in [0.1, 0.15) is 41.0 Å². The van der Waals surface area contributed by atoms with Gasteiger partial charge in [0.2, 0.25) is 0 Å². The smallest absolute Gasteiger partial charge is 0.00366 e. The summed E-state index contributed by atoms with van der Waals surface area (Å²) < 4.78 is 0. The summed E-state index contributed by atoms with van der Waals surface area (Å²) in [4.78, 5) is 2.32. The molecule has 0 N–H and O–H groups in total. The molecular formula is C14H24NTi-. The molecule has 1 nitrogen and oxygen atoms in total. The van der Waals surface area contributed by atoms with E-state index in [0.717, 1.165) is 6.42 Å². The van der Waals surface area contributed by atoms with Crippen LogP contribution in [0.2, 0.25) is 0 Å². The Hall–Kier alpha value is 0.154. The molecule has 0 bridgehead atoms. The van der Waals surface area contributed by atoms with Gasteiger partial charge in [-0.1, -0.05) is 33.1 Å². The van der Waals surface area contributed by atoms with Crippen LogP contribution in [0.5, 0.6) is 0 Å². The van der Waals surface area contributed by atoms with Crippen molar-refractivity contribution < 1.29 is 21.7 Å². The normalized spacial score (nSPS) is 26.9. The SMILES string of the molecule is CCC(N(C)C)C1(C)[C-]=C(C)C(C)=C1C.[Ti]. The van der Waals surface area contributed by atoms with Gasteiger partial charge in [-0.25, -0.2) is 5.57 Å². The van der Waals surface area contributed by atoms with Crippen LogP contribution in [0.3, 0.4) is 0 Å². The van der Waals surface area contributed by atoms with E-state index in [4.69, 9.17) is 0 Å². The summed E-state index contributed by atoms with van der Waals surface area (Å²) in [6, 6.07) is 0.546. The Labute approximate surface area is 116 Å². The van der Waals surface area contributed by atoms with E-state index in [0.29, 0.717) is 6.04 Å². The fourth-order valence-electron chi connectivity index (χ4n) is 2.87. The summed E-state index contributed by atoms with van der Waals surface area (Å²) in [5, 5.41) is 0. The van der Waals surface area contributed by atoms with E-state index >= 15 is 0 Å². The Kier molecular flexibility index (Phi) is 5.72. The predicted molar refractivity (Wildman–Crippen MR) is 66.7 cm³/mol. The molecule has 0 aromatic carbocycles. The average Bonchev–Trinajstić information content (AvgIpc) is 2.31. The fourth-order valence-corrected chi connectivity index (χ4v) is 2.87. The largest absolute Gasteiger partial charge is 0.307 e. The van der Waals surface area contributed by atoms with E-state index in [1.54, 1.807) is 0 Å². The van der Waals surface area contributed by atoms with Crippen LogP contribution in [0.25, 0.3) is 0 Å². The van der Waals surface area contributed by atoms with Crippen molar-refractivity contribution in [3.05, 3.63) is 22.8 Å². The van der Waals surface area contributed by atoms with Crippen molar-refractivity contribution in [2.45, 2.75) is 47.1 Å². The first kappa shape index (κ1) is 16.2. The molecule has 0 radical (unpaired) electrons. The maximum absolute atomic E-state index is 3.66. The monoisotopic (exact) mass is 254 g/mol. The van der Waals surface area contributed by atoms with Gasteiger partial charge in [-0.2, -0.15) is 11.1 Å². The van der Waals surface area contributed by atoms with Crippen molar-refractivity contribution in [2.24, 2.45) is 5.41 Å². The van der Waals surface area contributed by atoms with E-state index in [1.807, 2.05) is 0 Å². The zero-order valence-electron chi connectivity index (χ0n) is 11.7. The summed E-state index contributed by atoms with van der Waals surface area (Å²) in [6.45, 7) is 11.2. The molecule has 0 saturated heterocycles. The maximum Gasteiger partial charge on any atom is 0.00366 e. The minimum atomic E-state index is 0. The Morgan fingerprint density at radius 1 is 1.25 bits per heavy atom.